The number of nitrogens with one attached hydrogen (secondary N) is 2. The lowest BCUT2D eigenvalue weighted by atomic mass is 9.87. The molecule has 1 unspecified atom stereocenters. The van der Waals surface area contributed by atoms with Gasteiger partial charge >= 0.3 is 6.03 Å². The van der Waals surface area contributed by atoms with E-state index in [1.54, 1.807) is 13.8 Å². The summed E-state index contributed by atoms with van der Waals surface area (Å²) in [7, 11) is 0. The second kappa shape index (κ2) is 4.85. The fourth-order valence-corrected chi connectivity index (χ4v) is 2.40. The van der Waals surface area contributed by atoms with Gasteiger partial charge < -0.3 is 10.4 Å². The van der Waals surface area contributed by atoms with Crippen molar-refractivity contribution in [3.8, 4) is 0 Å². The van der Waals surface area contributed by atoms with E-state index in [2.05, 4.69) is 10.6 Å². The molecule has 1 aliphatic carbocycles. The Balaban J connectivity index is 1.76. The van der Waals surface area contributed by atoms with Crippen molar-refractivity contribution in [2.24, 2.45) is 5.92 Å². The van der Waals surface area contributed by atoms with Gasteiger partial charge in [0.2, 0.25) is 5.91 Å². The Labute approximate surface area is 107 Å². The van der Waals surface area contributed by atoms with E-state index in [1.165, 1.54) is 0 Å². The van der Waals surface area contributed by atoms with Crippen molar-refractivity contribution in [1.29, 1.82) is 0 Å². The summed E-state index contributed by atoms with van der Waals surface area (Å²) in [5.41, 5.74) is -0.597. The van der Waals surface area contributed by atoms with E-state index in [1.807, 2.05) is 4.90 Å². The molecule has 0 radical (unpaired) electrons. The number of amides is 3. The van der Waals surface area contributed by atoms with E-state index in [-0.39, 0.29) is 11.9 Å². The van der Waals surface area contributed by atoms with Crippen LogP contribution in [0.2, 0.25) is 0 Å². The summed E-state index contributed by atoms with van der Waals surface area (Å²) in [4.78, 5) is 24.9. The normalized spacial score (nSPS) is 23.9. The van der Waals surface area contributed by atoms with Crippen LogP contribution in [-0.2, 0) is 4.79 Å². The third-order valence-corrected chi connectivity index (χ3v) is 3.79. The fraction of sp³-hybridized carbons (Fsp3) is 0.833. The van der Waals surface area contributed by atoms with Crippen molar-refractivity contribution in [3.05, 3.63) is 0 Å². The quantitative estimate of drug-likeness (QED) is 0.643. The van der Waals surface area contributed by atoms with Gasteiger partial charge in [0.05, 0.1) is 11.6 Å². The molecular weight excluding hydrogens is 234 g/mol. The monoisotopic (exact) mass is 255 g/mol. The van der Waals surface area contributed by atoms with Crippen molar-refractivity contribution in [1.82, 2.24) is 15.5 Å². The molecule has 102 valence electrons. The molecule has 3 N–H and O–H groups in total. The largest absolute Gasteiger partial charge is 0.387 e. The lowest BCUT2D eigenvalue weighted by Crippen LogP contribution is -2.67. The second-order valence-corrected chi connectivity index (χ2v) is 5.31. The number of nitrogens with zero attached hydrogens (tertiary/aromatic N) is 1. The Morgan fingerprint density at radius 2 is 2.06 bits per heavy atom. The number of imide groups is 1. The number of urea groups is 1. The van der Waals surface area contributed by atoms with Gasteiger partial charge in [-0.25, -0.2) is 4.79 Å². The number of likely N-dealkylation sites (tertiary alicyclic amines) is 1. The molecule has 6 nitrogen and oxygen atoms in total. The maximum Gasteiger partial charge on any atom is 0.321 e. The highest BCUT2D eigenvalue weighted by atomic mass is 16.3. The molecule has 1 aliphatic heterocycles. The van der Waals surface area contributed by atoms with Gasteiger partial charge in [0.25, 0.3) is 0 Å². The van der Waals surface area contributed by atoms with Crippen LogP contribution in [0.15, 0.2) is 0 Å². The molecule has 2 aliphatic rings. The van der Waals surface area contributed by atoms with Gasteiger partial charge in [0, 0.05) is 19.6 Å². The summed E-state index contributed by atoms with van der Waals surface area (Å²) in [6.45, 7) is 5.08. The zero-order chi connectivity index (χ0) is 13.3. The summed E-state index contributed by atoms with van der Waals surface area (Å²) < 4.78 is 0. The van der Waals surface area contributed by atoms with Crippen LogP contribution in [0.4, 0.5) is 4.79 Å². The van der Waals surface area contributed by atoms with Crippen LogP contribution >= 0.6 is 0 Å². The van der Waals surface area contributed by atoms with Gasteiger partial charge in [-0.15, -0.1) is 0 Å². The van der Waals surface area contributed by atoms with Crippen molar-refractivity contribution >= 4 is 11.9 Å². The lowest BCUT2D eigenvalue weighted by Gasteiger charge is -2.49. The van der Waals surface area contributed by atoms with E-state index in [9.17, 15) is 14.7 Å². The van der Waals surface area contributed by atoms with E-state index < -0.39 is 11.6 Å². The fourth-order valence-electron chi connectivity index (χ4n) is 2.40. The number of hydrogen-bond acceptors (Lipinski definition) is 4. The molecule has 2 fully saturated rings. The van der Waals surface area contributed by atoms with Gasteiger partial charge in [-0.3, -0.25) is 15.0 Å². The van der Waals surface area contributed by atoms with E-state index in [0.717, 1.165) is 12.8 Å². The molecule has 2 rings (SSSR count). The van der Waals surface area contributed by atoms with Crippen LogP contribution < -0.4 is 10.6 Å². The highest BCUT2D eigenvalue weighted by Gasteiger charge is 2.53. The van der Waals surface area contributed by atoms with Crippen molar-refractivity contribution in [2.45, 2.75) is 38.3 Å². The Morgan fingerprint density at radius 3 is 2.56 bits per heavy atom. The van der Waals surface area contributed by atoms with Crippen molar-refractivity contribution in [2.75, 3.05) is 19.6 Å². The topological polar surface area (TPSA) is 81.7 Å². The van der Waals surface area contributed by atoms with E-state index in [0.29, 0.717) is 25.6 Å². The van der Waals surface area contributed by atoms with Gasteiger partial charge in [-0.1, -0.05) is 0 Å². The Hall–Kier alpha value is -1.14. The zero-order valence-electron chi connectivity index (χ0n) is 10.9. The average Bonchev–Trinajstić information content (AvgIpc) is 3.07. The molecule has 1 heterocycles. The molecule has 1 atom stereocenters. The maximum absolute atomic E-state index is 11.8. The molecule has 0 aromatic rings. The minimum absolute atomic E-state index is 0.321. The minimum Gasteiger partial charge on any atom is -0.387 e. The summed E-state index contributed by atoms with van der Waals surface area (Å²) >= 11 is 0. The first-order valence-electron chi connectivity index (χ1n) is 6.51. The van der Waals surface area contributed by atoms with Crippen LogP contribution in [0.1, 0.15) is 26.7 Å². The number of rotatable bonds is 4. The number of β-amino-alcohol motifs (C(OH)–C–C–N with tert-alkyl or cyclic N) is 1. The Kier molecular flexibility index (Phi) is 3.59. The third kappa shape index (κ3) is 2.64. The van der Waals surface area contributed by atoms with Crippen LogP contribution in [0.5, 0.6) is 0 Å². The molecular formula is C12H21N3O3. The highest BCUT2D eigenvalue weighted by Crippen LogP contribution is 2.44. The predicted octanol–water partition coefficient (Wildman–Crippen LogP) is -0.323. The summed E-state index contributed by atoms with van der Waals surface area (Å²) in [6, 6.07) is -0.848. The predicted molar refractivity (Wildman–Crippen MR) is 65.9 cm³/mol. The molecule has 3 amide bonds. The van der Waals surface area contributed by atoms with Gasteiger partial charge in [0.1, 0.15) is 0 Å². The zero-order valence-corrected chi connectivity index (χ0v) is 10.9. The summed E-state index contributed by atoms with van der Waals surface area (Å²) in [6.07, 6.45) is 2.17. The third-order valence-electron chi connectivity index (χ3n) is 3.79. The van der Waals surface area contributed by atoms with Gasteiger partial charge in [0.15, 0.2) is 0 Å². The Morgan fingerprint density at radius 1 is 1.44 bits per heavy atom. The smallest absolute Gasteiger partial charge is 0.321 e. The first-order valence-corrected chi connectivity index (χ1v) is 6.51. The summed E-state index contributed by atoms with van der Waals surface area (Å²) in [5.74, 6) is 0.0891. The molecule has 0 aromatic heterocycles. The maximum atomic E-state index is 11.8. The standard InChI is InChI=1S/C12H21N3O3/c1-3-13-11(17)14-10(16)8(2)15-6-12(18,7-15)9-4-5-9/h8-9,18H,3-7H2,1-2H3,(H2,13,14,16,17). The first kappa shape index (κ1) is 13.3. The molecule has 1 saturated carbocycles. The highest BCUT2D eigenvalue weighted by molar-refractivity contribution is 5.96. The van der Waals surface area contributed by atoms with Crippen LogP contribution in [0, 0.1) is 5.92 Å². The molecule has 0 aromatic carbocycles. The number of hydrogen-bond donors (Lipinski definition) is 3. The van der Waals surface area contributed by atoms with Crippen LogP contribution in [0.3, 0.4) is 0 Å². The second-order valence-electron chi connectivity index (χ2n) is 5.31. The molecule has 0 bridgehead atoms. The van der Waals surface area contributed by atoms with Crippen molar-refractivity contribution in [3.63, 3.8) is 0 Å². The average molecular weight is 255 g/mol. The van der Waals surface area contributed by atoms with Crippen LogP contribution in [-0.4, -0.2) is 53.2 Å². The minimum atomic E-state index is -0.597. The summed E-state index contributed by atoms with van der Waals surface area (Å²) in [5, 5.41) is 15.0. The lowest BCUT2D eigenvalue weighted by molar-refractivity contribution is -0.146. The van der Waals surface area contributed by atoms with E-state index >= 15 is 0 Å². The molecule has 6 heteroatoms. The van der Waals surface area contributed by atoms with Crippen LogP contribution in [0.25, 0.3) is 0 Å². The van der Waals surface area contributed by atoms with Gasteiger partial charge in [-0.2, -0.15) is 0 Å². The molecule has 1 saturated heterocycles. The molecule has 0 spiro atoms. The van der Waals surface area contributed by atoms with Crippen molar-refractivity contribution < 1.29 is 14.7 Å². The number of carbonyl (C=O) groups is 2. The number of aliphatic hydroxyl groups is 1. The van der Waals surface area contributed by atoms with E-state index in [4.69, 9.17) is 0 Å². The Bertz CT molecular complexity index is 348. The van der Waals surface area contributed by atoms with Gasteiger partial charge in [-0.05, 0) is 32.6 Å². The SMILES string of the molecule is CCNC(=O)NC(=O)C(C)N1CC(O)(C2CC2)C1. The first-order chi connectivity index (χ1) is 8.46. The molecule has 18 heavy (non-hydrogen) atoms. The number of carbonyl (C=O) groups excluding carboxylic acids is 2.